The van der Waals surface area contributed by atoms with E-state index in [1.807, 2.05) is 50.2 Å². The Balaban J connectivity index is 1.94. The summed E-state index contributed by atoms with van der Waals surface area (Å²) in [5.41, 5.74) is 1.32. The molecule has 0 bridgehead atoms. The van der Waals surface area contributed by atoms with Crippen LogP contribution in [-0.4, -0.2) is 41.5 Å². The number of hydrogen-bond acceptors (Lipinski definition) is 5. The molecule has 0 aliphatic carbocycles. The van der Waals surface area contributed by atoms with Gasteiger partial charge in [0.2, 0.25) is 0 Å². The van der Waals surface area contributed by atoms with Gasteiger partial charge in [-0.2, -0.15) is 0 Å². The van der Waals surface area contributed by atoms with Crippen LogP contribution in [0, 0.1) is 0 Å². The van der Waals surface area contributed by atoms with Gasteiger partial charge in [-0.3, -0.25) is 9.69 Å². The van der Waals surface area contributed by atoms with Crippen LogP contribution in [0.2, 0.25) is 0 Å². The second-order valence-corrected chi connectivity index (χ2v) is 6.85. The Labute approximate surface area is 158 Å². The molecule has 0 saturated carbocycles. The number of nitrogens with zero attached hydrogens (tertiary/aromatic N) is 2. The topological polar surface area (TPSA) is 51.1 Å². The van der Waals surface area contributed by atoms with E-state index in [0.717, 1.165) is 17.2 Å². The van der Waals surface area contributed by atoms with Crippen LogP contribution in [0.1, 0.15) is 24.2 Å². The van der Waals surface area contributed by atoms with Crippen molar-refractivity contribution < 1.29 is 14.3 Å². The molecule has 0 aromatic heterocycles. The third-order valence-corrected chi connectivity index (χ3v) is 5.21. The number of rotatable bonds is 5. The van der Waals surface area contributed by atoms with Gasteiger partial charge in [0.15, 0.2) is 5.17 Å². The van der Waals surface area contributed by atoms with Crippen LogP contribution in [0.5, 0.6) is 11.5 Å². The third kappa shape index (κ3) is 3.85. The highest BCUT2D eigenvalue weighted by Gasteiger charge is 2.33. The van der Waals surface area contributed by atoms with E-state index in [2.05, 4.69) is 0 Å². The average Bonchev–Trinajstić information content (AvgIpc) is 3.03. The summed E-state index contributed by atoms with van der Waals surface area (Å²) in [6.45, 7) is 4.54. The molecule has 1 amide bonds. The van der Waals surface area contributed by atoms with Gasteiger partial charge in [0.05, 0.1) is 13.7 Å². The smallest absolute Gasteiger partial charge is 0.260 e. The highest BCUT2D eigenvalue weighted by molar-refractivity contribution is 8.14. The lowest BCUT2D eigenvalue weighted by Crippen LogP contribution is -2.37. The fourth-order valence-corrected chi connectivity index (χ4v) is 3.83. The Hall–Kier alpha value is -2.47. The predicted molar refractivity (Wildman–Crippen MR) is 106 cm³/mol. The SMILES string of the molecule is CCOc1ccccc1N=C1SC[C@H](C)N1C(=O)c1cccc(OC)c1. The summed E-state index contributed by atoms with van der Waals surface area (Å²) in [5, 5.41) is 0.692. The number of carbonyl (C=O) groups is 1. The summed E-state index contributed by atoms with van der Waals surface area (Å²) in [5.74, 6) is 2.12. The van der Waals surface area contributed by atoms with Gasteiger partial charge in [-0.25, -0.2) is 4.99 Å². The molecule has 3 rings (SSSR count). The Morgan fingerprint density at radius 1 is 1.27 bits per heavy atom. The molecule has 1 aliphatic rings. The van der Waals surface area contributed by atoms with E-state index in [4.69, 9.17) is 14.5 Å². The molecule has 0 unspecified atom stereocenters. The van der Waals surface area contributed by atoms with Crippen molar-refractivity contribution in [3.05, 3.63) is 54.1 Å². The summed E-state index contributed by atoms with van der Waals surface area (Å²) in [6, 6.07) is 14.9. The number of carbonyl (C=O) groups excluding carboxylic acids is 1. The van der Waals surface area contributed by atoms with Crippen LogP contribution < -0.4 is 9.47 Å². The highest BCUT2D eigenvalue weighted by Crippen LogP contribution is 2.33. The molecule has 5 nitrogen and oxygen atoms in total. The Morgan fingerprint density at radius 3 is 2.85 bits per heavy atom. The van der Waals surface area contributed by atoms with E-state index in [1.165, 1.54) is 0 Å². The van der Waals surface area contributed by atoms with Crippen molar-refractivity contribution in [3.63, 3.8) is 0 Å². The largest absolute Gasteiger partial charge is 0.497 e. The first kappa shape index (κ1) is 18.3. The van der Waals surface area contributed by atoms with Crippen LogP contribution in [0.3, 0.4) is 0 Å². The second-order valence-electron chi connectivity index (χ2n) is 5.86. The summed E-state index contributed by atoms with van der Waals surface area (Å²) >= 11 is 1.58. The monoisotopic (exact) mass is 370 g/mol. The van der Waals surface area contributed by atoms with Crippen LogP contribution in [0.25, 0.3) is 0 Å². The standard InChI is InChI=1S/C20H22N2O3S/c1-4-25-18-11-6-5-10-17(18)21-20-22(14(2)13-26-20)19(23)15-8-7-9-16(12-15)24-3/h5-12,14H,4,13H2,1-3H3/t14-/m0/s1. The quantitative estimate of drug-likeness (QED) is 0.785. The van der Waals surface area contributed by atoms with Crippen molar-refractivity contribution in [3.8, 4) is 11.5 Å². The van der Waals surface area contributed by atoms with Crippen molar-refractivity contribution in [1.29, 1.82) is 0 Å². The molecule has 1 heterocycles. The molecule has 1 fully saturated rings. The minimum Gasteiger partial charge on any atom is -0.497 e. The maximum atomic E-state index is 13.1. The molecule has 0 N–H and O–H groups in total. The first-order valence-electron chi connectivity index (χ1n) is 8.55. The molecule has 1 saturated heterocycles. The van der Waals surface area contributed by atoms with E-state index in [-0.39, 0.29) is 11.9 Å². The Bertz CT molecular complexity index is 822. The fraction of sp³-hybridized carbons (Fsp3) is 0.300. The molecule has 1 aliphatic heterocycles. The van der Waals surface area contributed by atoms with Crippen LogP contribution in [-0.2, 0) is 0 Å². The summed E-state index contributed by atoms with van der Waals surface area (Å²) < 4.78 is 10.9. The fourth-order valence-electron chi connectivity index (χ4n) is 2.73. The normalized spacial score (nSPS) is 18.2. The van der Waals surface area contributed by atoms with Gasteiger partial charge in [0.1, 0.15) is 17.2 Å². The second kappa shape index (κ2) is 8.27. The van der Waals surface area contributed by atoms with Gasteiger partial charge >= 0.3 is 0 Å². The van der Waals surface area contributed by atoms with Gasteiger partial charge in [-0.05, 0) is 44.2 Å². The molecule has 26 heavy (non-hydrogen) atoms. The van der Waals surface area contributed by atoms with Gasteiger partial charge in [-0.15, -0.1) is 0 Å². The number of aliphatic imine (C=N–C) groups is 1. The van der Waals surface area contributed by atoms with E-state index in [0.29, 0.717) is 23.1 Å². The number of hydrogen-bond donors (Lipinski definition) is 0. The Kier molecular flexibility index (Phi) is 5.83. The molecular weight excluding hydrogens is 348 g/mol. The van der Waals surface area contributed by atoms with Crippen molar-refractivity contribution in [2.75, 3.05) is 19.5 Å². The van der Waals surface area contributed by atoms with Gasteiger partial charge in [-0.1, -0.05) is 30.0 Å². The molecular formula is C20H22N2O3S. The number of benzene rings is 2. The first-order valence-corrected chi connectivity index (χ1v) is 9.53. The number of amidine groups is 1. The number of thioether (sulfide) groups is 1. The molecule has 0 spiro atoms. The molecule has 2 aromatic rings. The minimum atomic E-state index is -0.0750. The van der Waals surface area contributed by atoms with E-state index in [1.54, 1.807) is 35.9 Å². The van der Waals surface area contributed by atoms with E-state index in [9.17, 15) is 4.79 Å². The number of ether oxygens (including phenoxy) is 2. The zero-order valence-electron chi connectivity index (χ0n) is 15.1. The van der Waals surface area contributed by atoms with Crippen LogP contribution in [0.4, 0.5) is 5.69 Å². The lowest BCUT2D eigenvalue weighted by molar-refractivity contribution is 0.0828. The van der Waals surface area contributed by atoms with Crippen molar-refractivity contribution in [2.45, 2.75) is 19.9 Å². The first-order chi connectivity index (χ1) is 12.6. The summed E-state index contributed by atoms with van der Waals surface area (Å²) in [6.07, 6.45) is 0. The van der Waals surface area contributed by atoms with Gasteiger partial charge in [0, 0.05) is 17.4 Å². The molecule has 2 aromatic carbocycles. The number of amides is 1. The highest BCUT2D eigenvalue weighted by atomic mass is 32.2. The number of methoxy groups -OCH3 is 1. The molecule has 136 valence electrons. The Morgan fingerprint density at radius 2 is 2.08 bits per heavy atom. The van der Waals surface area contributed by atoms with Crippen molar-refractivity contribution in [1.82, 2.24) is 4.90 Å². The summed E-state index contributed by atoms with van der Waals surface area (Å²) in [4.78, 5) is 19.6. The summed E-state index contributed by atoms with van der Waals surface area (Å²) in [7, 11) is 1.59. The van der Waals surface area contributed by atoms with Gasteiger partial charge in [0.25, 0.3) is 5.91 Å². The van der Waals surface area contributed by atoms with Gasteiger partial charge < -0.3 is 9.47 Å². The predicted octanol–water partition coefficient (Wildman–Crippen LogP) is 4.36. The molecule has 6 heteroatoms. The molecule has 1 atom stereocenters. The zero-order valence-corrected chi connectivity index (χ0v) is 16.0. The number of para-hydroxylation sites is 2. The van der Waals surface area contributed by atoms with E-state index >= 15 is 0 Å². The van der Waals surface area contributed by atoms with Crippen molar-refractivity contribution >= 4 is 28.5 Å². The van der Waals surface area contributed by atoms with Crippen LogP contribution in [0.15, 0.2) is 53.5 Å². The van der Waals surface area contributed by atoms with Crippen molar-refractivity contribution in [2.24, 2.45) is 4.99 Å². The zero-order chi connectivity index (χ0) is 18.5. The third-order valence-electron chi connectivity index (χ3n) is 4.02. The molecule has 0 radical (unpaired) electrons. The van der Waals surface area contributed by atoms with E-state index < -0.39 is 0 Å². The minimum absolute atomic E-state index is 0.0664. The average molecular weight is 370 g/mol. The maximum Gasteiger partial charge on any atom is 0.260 e. The van der Waals surface area contributed by atoms with Crippen LogP contribution >= 0.6 is 11.8 Å². The lowest BCUT2D eigenvalue weighted by Gasteiger charge is -2.21. The lowest BCUT2D eigenvalue weighted by atomic mass is 10.1. The maximum absolute atomic E-state index is 13.1.